The number of rotatable bonds is 5. The molecule has 3 aromatic rings. The summed E-state index contributed by atoms with van der Waals surface area (Å²) in [5, 5.41) is 42.1. The number of aromatic nitrogens is 3. The summed E-state index contributed by atoms with van der Waals surface area (Å²) < 4.78 is 33.4. The lowest BCUT2D eigenvalue weighted by molar-refractivity contribution is 0.370. The molecule has 0 aliphatic heterocycles. The Hall–Kier alpha value is -3.51. The fraction of sp³-hybridized carbons (Fsp3) is 0.0667. The van der Waals surface area contributed by atoms with Crippen LogP contribution in [0.25, 0.3) is 17.1 Å². The predicted octanol–water partition coefficient (Wildman–Crippen LogP) is 0.642. The van der Waals surface area contributed by atoms with Crippen molar-refractivity contribution >= 4 is 10.3 Å². The average molecular weight is 394 g/mol. The molecule has 11 nitrogen and oxygen atoms in total. The van der Waals surface area contributed by atoms with Gasteiger partial charge >= 0.3 is 16.3 Å². The topological polar surface area (TPSA) is 170 Å². The number of phenolic OH excluding ortho intramolecular Hbond substituents is 3. The van der Waals surface area contributed by atoms with Gasteiger partial charge in [-0.25, -0.2) is 4.57 Å². The van der Waals surface area contributed by atoms with E-state index in [9.17, 15) is 23.7 Å². The van der Waals surface area contributed by atoms with Crippen molar-refractivity contribution in [1.82, 2.24) is 14.8 Å². The van der Waals surface area contributed by atoms with Crippen molar-refractivity contribution in [3.8, 4) is 46.1 Å². The van der Waals surface area contributed by atoms with Gasteiger partial charge < -0.3 is 24.2 Å². The molecule has 142 valence electrons. The van der Waals surface area contributed by atoms with Gasteiger partial charge in [0.1, 0.15) is 11.5 Å². The summed E-state index contributed by atoms with van der Waals surface area (Å²) in [5.41, 5.74) is 0.268. The van der Waals surface area contributed by atoms with Gasteiger partial charge in [-0.2, -0.15) is 13.6 Å². The van der Waals surface area contributed by atoms with Crippen LogP contribution in [-0.4, -0.2) is 45.6 Å². The molecule has 0 atom stereocenters. The van der Waals surface area contributed by atoms with Crippen LogP contribution < -0.4 is 14.1 Å². The zero-order valence-corrected chi connectivity index (χ0v) is 14.6. The third-order valence-corrected chi connectivity index (χ3v) is 3.83. The maximum Gasteiger partial charge on any atom is 0.382 e. The minimum absolute atomic E-state index is 0.0298. The summed E-state index contributed by atoms with van der Waals surface area (Å²) in [6.45, 7) is 0. The van der Waals surface area contributed by atoms with Crippen molar-refractivity contribution in [2.75, 3.05) is 7.11 Å². The molecular weight excluding hydrogens is 380 g/mol. The second kappa shape index (κ2) is 6.66. The molecule has 3 rings (SSSR count). The maximum atomic E-state index is 11.3. The van der Waals surface area contributed by atoms with E-state index in [0.29, 0.717) is 0 Å². The summed E-state index contributed by atoms with van der Waals surface area (Å²) in [4.78, 5) is 0. The molecule has 2 aromatic carbocycles. The minimum atomic E-state index is -4.43. The zero-order chi connectivity index (χ0) is 19.8. The van der Waals surface area contributed by atoms with E-state index in [2.05, 4.69) is 14.4 Å². The monoisotopic (exact) mass is 394 g/mol. The first-order chi connectivity index (χ1) is 12.7. The first-order valence-corrected chi connectivity index (χ1v) is 8.74. The number of hydrogen-bond donors (Lipinski definition) is 4. The van der Waals surface area contributed by atoms with Gasteiger partial charge in [-0.05, 0) is 18.2 Å². The first-order valence-electron chi connectivity index (χ1n) is 7.27. The van der Waals surface area contributed by atoms with E-state index in [0.717, 1.165) is 10.6 Å². The van der Waals surface area contributed by atoms with Gasteiger partial charge in [0.25, 0.3) is 0 Å². The highest BCUT2D eigenvalue weighted by atomic mass is 32.2. The van der Waals surface area contributed by atoms with Crippen LogP contribution in [0.1, 0.15) is 0 Å². The minimum Gasteiger partial charge on any atom is -0.508 e. The highest BCUT2D eigenvalue weighted by Gasteiger charge is 2.23. The van der Waals surface area contributed by atoms with E-state index in [1.165, 1.54) is 37.4 Å². The third-order valence-electron chi connectivity index (χ3n) is 3.45. The number of aromatic hydroxyl groups is 3. The molecule has 0 fully saturated rings. The number of methoxy groups -OCH3 is 1. The Balaban J connectivity index is 2.29. The first kappa shape index (κ1) is 18.3. The van der Waals surface area contributed by atoms with E-state index < -0.39 is 16.3 Å². The fourth-order valence-electron chi connectivity index (χ4n) is 2.37. The Morgan fingerprint density at radius 1 is 1.07 bits per heavy atom. The van der Waals surface area contributed by atoms with Crippen LogP contribution in [-0.2, 0) is 10.3 Å². The van der Waals surface area contributed by atoms with Crippen LogP contribution in [0.15, 0.2) is 36.4 Å². The van der Waals surface area contributed by atoms with Gasteiger partial charge in [-0.15, -0.1) is 5.10 Å². The van der Waals surface area contributed by atoms with E-state index in [1.807, 2.05) is 0 Å². The number of phenols is 3. The number of nitrogens with two attached hydrogens (primary N) is 1. The fourth-order valence-corrected chi connectivity index (χ4v) is 2.68. The largest absolute Gasteiger partial charge is 0.508 e. The second-order valence-corrected chi connectivity index (χ2v) is 6.43. The number of hydrogen-bond acceptors (Lipinski definition) is 9. The normalized spacial score (nSPS) is 11.3. The SMILES string of the molecule is COc1cc(-c2nnc(OS(N)(=O)=O)n2-c2cccc(O)c2)c(O)cc1O. The molecule has 5 N–H and O–H groups in total. The van der Waals surface area contributed by atoms with Gasteiger partial charge in [-0.1, -0.05) is 11.2 Å². The van der Waals surface area contributed by atoms with Crippen molar-refractivity contribution in [1.29, 1.82) is 0 Å². The standard InChI is InChI=1S/C15H14N4O7S/c1-25-13-6-10(11(21)7-12(13)22)14-17-18-15(26-27(16,23)24)19(14)8-3-2-4-9(20)5-8/h2-7,20-22H,1H3,(H2,16,23,24). The van der Waals surface area contributed by atoms with Crippen LogP contribution >= 0.6 is 0 Å². The molecule has 0 radical (unpaired) electrons. The summed E-state index contributed by atoms with van der Waals surface area (Å²) in [6, 6.07) is 7.46. The van der Waals surface area contributed by atoms with Gasteiger partial charge in [0.15, 0.2) is 17.3 Å². The Morgan fingerprint density at radius 2 is 1.81 bits per heavy atom. The molecule has 12 heteroatoms. The van der Waals surface area contributed by atoms with Crippen molar-refractivity contribution in [2.45, 2.75) is 0 Å². The number of ether oxygens (including phenoxy) is 1. The van der Waals surface area contributed by atoms with Crippen LogP contribution in [0, 0.1) is 0 Å². The maximum absolute atomic E-state index is 11.3. The molecule has 27 heavy (non-hydrogen) atoms. The molecule has 0 saturated carbocycles. The van der Waals surface area contributed by atoms with E-state index >= 15 is 0 Å². The molecular formula is C15H14N4O7S. The number of nitrogens with zero attached hydrogens (tertiary/aromatic N) is 3. The molecule has 1 heterocycles. The molecule has 0 aliphatic carbocycles. The molecule has 0 bridgehead atoms. The highest BCUT2D eigenvalue weighted by molar-refractivity contribution is 7.84. The van der Waals surface area contributed by atoms with E-state index in [1.54, 1.807) is 0 Å². The molecule has 1 aromatic heterocycles. The van der Waals surface area contributed by atoms with Gasteiger partial charge in [0.2, 0.25) is 0 Å². The highest BCUT2D eigenvalue weighted by Crippen LogP contribution is 2.40. The van der Waals surface area contributed by atoms with E-state index in [-0.39, 0.29) is 40.1 Å². The summed E-state index contributed by atoms with van der Waals surface area (Å²) in [6.07, 6.45) is 0. The van der Waals surface area contributed by atoms with Crippen LogP contribution in [0.5, 0.6) is 29.0 Å². The van der Waals surface area contributed by atoms with Crippen molar-refractivity contribution in [3.05, 3.63) is 36.4 Å². The molecule has 0 saturated heterocycles. The van der Waals surface area contributed by atoms with Crippen LogP contribution in [0.4, 0.5) is 0 Å². The molecule has 0 spiro atoms. The lowest BCUT2D eigenvalue weighted by Gasteiger charge is -2.12. The van der Waals surface area contributed by atoms with Crippen molar-refractivity contribution in [3.63, 3.8) is 0 Å². The summed E-state index contributed by atoms with van der Waals surface area (Å²) in [7, 11) is -3.12. The van der Waals surface area contributed by atoms with Gasteiger partial charge in [0.05, 0.1) is 18.4 Å². The Bertz CT molecular complexity index is 1110. The van der Waals surface area contributed by atoms with Crippen molar-refractivity contribution < 1.29 is 32.7 Å². The zero-order valence-electron chi connectivity index (χ0n) is 13.8. The summed E-state index contributed by atoms with van der Waals surface area (Å²) >= 11 is 0. The third kappa shape index (κ3) is 3.70. The lowest BCUT2D eigenvalue weighted by Crippen LogP contribution is -2.21. The Morgan fingerprint density at radius 3 is 2.44 bits per heavy atom. The quantitative estimate of drug-likeness (QED) is 0.485. The van der Waals surface area contributed by atoms with E-state index in [4.69, 9.17) is 9.88 Å². The number of benzene rings is 2. The lowest BCUT2D eigenvalue weighted by atomic mass is 10.1. The van der Waals surface area contributed by atoms with Gasteiger partial charge in [-0.3, -0.25) is 0 Å². The second-order valence-electron chi connectivity index (χ2n) is 5.28. The smallest absolute Gasteiger partial charge is 0.382 e. The van der Waals surface area contributed by atoms with Crippen LogP contribution in [0.3, 0.4) is 0 Å². The summed E-state index contributed by atoms with van der Waals surface area (Å²) in [5.74, 6) is -0.856. The van der Waals surface area contributed by atoms with Gasteiger partial charge in [0, 0.05) is 12.1 Å². The van der Waals surface area contributed by atoms with Crippen LogP contribution in [0.2, 0.25) is 0 Å². The predicted molar refractivity (Wildman–Crippen MR) is 92.1 cm³/mol. The average Bonchev–Trinajstić information content (AvgIpc) is 2.96. The van der Waals surface area contributed by atoms with Crippen molar-refractivity contribution in [2.24, 2.45) is 5.14 Å². The Labute approximate surface area is 153 Å². The molecule has 0 unspecified atom stereocenters. The molecule has 0 aliphatic rings. The molecule has 0 amide bonds. The Kier molecular flexibility index (Phi) is 4.51.